The van der Waals surface area contributed by atoms with Crippen LogP contribution < -0.4 is 4.74 Å². The molecule has 2 aromatic heterocycles. The number of aromatic nitrogens is 2. The molecule has 1 aliphatic rings. The van der Waals surface area contributed by atoms with Crippen molar-refractivity contribution in [1.29, 1.82) is 0 Å². The maximum atomic E-state index is 11.1. The average molecular weight is 347 g/mol. The molecule has 1 aliphatic carbocycles. The molecule has 0 bridgehead atoms. The molecule has 2 heterocycles. The van der Waals surface area contributed by atoms with Crippen molar-refractivity contribution in [2.24, 2.45) is 5.92 Å². The van der Waals surface area contributed by atoms with Crippen molar-refractivity contribution in [2.45, 2.75) is 31.6 Å². The van der Waals surface area contributed by atoms with Gasteiger partial charge in [0.2, 0.25) is 5.88 Å². The van der Waals surface area contributed by atoms with Gasteiger partial charge < -0.3 is 9.84 Å². The highest BCUT2D eigenvalue weighted by molar-refractivity contribution is 6.30. The lowest BCUT2D eigenvalue weighted by Gasteiger charge is -2.32. The molecule has 2 atom stereocenters. The lowest BCUT2D eigenvalue weighted by Crippen LogP contribution is -2.24. The highest BCUT2D eigenvalue weighted by Gasteiger charge is 2.29. The number of halogens is 1. The second kappa shape index (κ2) is 7.62. The van der Waals surface area contributed by atoms with Crippen LogP contribution in [0.2, 0.25) is 5.15 Å². The molecule has 2 aromatic rings. The predicted octanol–water partition coefficient (Wildman–Crippen LogP) is 4.00. The molecule has 126 valence electrons. The molecule has 0 spiro atoms. The Morgan fingerprint density at radius 2 is 2.17 bits per heavy atom. The monoisotopic (exact) mass is 346 g/mol. The first kappa shape index (κ1) is 16.7. The van der Waals surface area contributed by atoms with Crippen molar-refractivity contribution in [3.05, 3.63) is 46.9 Å². The van der Waals surface area contributed by atoms with Gasteiger partial charge in [0.05, 0.1) is 18.4 Å². The van der Waals surface area contributed by atoms with Crippen LogP contribution in [0.1, 0.15) is 47.5 Å². The maximum Gasteiger partial charge on any atom is 0.211 e. The normalized spacial score (nSPS) is 20.5. The summed E-state index contributed by atoms with van der Waals surface area (Å²) in [5.41, 5.74) is 1.36. The summed E-state index contributed by atoms with van der Waals surface area (Å²) in [4.78, 5) is 19.1. The smallest absolute Gasteiger partial charge is 0.211 e. The quantitative estimate of drug-likeness (QED) is 0.654. The number of ether oxygens (including phenoxy) is 1. The van der Waals surface area contributed by atoms with Gasteiger partial charge in [-0.15, -0.1) is 0 Å². The first-order valence-corrected chi connectivity index (χ1v) is 8.44. The number of carbonyl (C=O) groups is 1. The Hall–Kier alpha value is -2.14. The Balaban J connectivity index is 1.75. The van der Waals surface area contributed by atoms with Gasteiger partial charge in [-0.1, -0.05) is 30.5 Å². The van der Waals surface area contributed by atoms with Crippen molar-refractivity contribution in [2.75, 3.05) is 6.61 Å². The minimum Gasteiger partial charge on any atom is -0.493 e. The van der Waals surface area contributed by atoms with Crippen LogP contribution in [-0.2, 0) is 0 Å². The van der Waals surface area contributed by atoms with E-state index in [4.69, 9.17) is 16.3 Å². The number of rotatable bonds is 5. The highest BCUT2D eigenvalue weighted by Crippen LogP contribution is 2.40. The molecule has 0 aromatic carbocycles. The van der Waals surface area contributed by atoms with Crippen LogP contribution >= 0.6 is 11.6 Å². The summed E-state index contributed by atoms with van der Waals surface area (Å²) in [5, 5.41) is 9.91. The summed E-state index contributed by atoms with van der Waals surface area (Å²) in [7, 11) is 0. The summed E-state index contributed by atoms with van der Waals surface area (Å²) in [6, 6.07) is 5.23. The molecule has 6 heteroatoms. The van der Waals surface area contributed by atoms with E-state index in [0.717, 1.165) is 31.2 Å². The number of carbonyl (C=O) groups excluding carboxylic acids is 1. The standard InChI is InChI=1S/C18H19ClN2O3/c19-18-15(6-3-7-20-18)14-5-2-1-4-12(14)11-24-16-9-21-17(23)8-13(16)10-22/h3,6-10,12,14H,1-2,4-5,11H2,(H,21,23). The van der Waals surface area contributed by atoms with Crippen LogP contribution in [-0.4, -0.2) is 28.0 Å². The molecule has 0 radical (unpaired) electrons. The van der Waals surface area contributed by atoms with Gasteiger partial charge in [-0.25, -0.2) is 9.97 Å². The molecule has 5 nitrogen and oxygen atoms in total. The summed E-state index contributed by atoms with van der Waals surface area (Å²) >= 11 is 6.27. The van der Waals surface area contributed by atoms with E-state index in [0.29, 0.717) is 41.2 Å². The number of pyridine rings is 2. The van der Waals surface area contributed by atoms with E-state index in [1.165, 1.54) is 12.3 Å². The van der Waals surface area contributed by atoms with Crippen molar-refractivity contribution in [1.82, 2.24) is 9.97 Å². The maximum absolute atomic E-state index is 11.1. The molecule has 1 saturated carbocycles. The third kappa shape index (κ3) is 3.67. The Bertz CT molecular complexity index is 723. The minimum absolute atomic E-state index is 0.192. The second-order valence-electron chi connectivity index (χ2n) is 6.04. The van der Waals surface area contributed by atoms with Crippen LogP contribution in [0.3, 0.4) is 0 Å². The van der Waals surface area contributed by atoms with E-state index >= 15 is 0 Å². The van der Waals surface area contributed by atoms with E-state index in [1.807, 2.05) is 12.1 Å². The minimum atomic E-state index is -0.192. The summed E-state index contributed by atoms with van der Waals surface area (Å²) in [6.45, 7) is 0.475. The van der Waals surface area contributed by atoms with Crippen molar-refractivity contribution < 1.29 is 14.6 Å². The molecule has 1 fully saturated rings. The van der Waals surface area contributed by atoms with E-state index in [2.05, 4.69) is 9.97 Å². The lowest BCUT2D eigenvalue weighted by molar-refractivity contribution is 0.111. The first-order chi connectivity index (χ1) is 11.7. The summed E-state index contributed by atoms with van der Waals surface area (Å²) in [5.74, 6) is 0.796. The predicted molar refractivity (Wildman–Crippen MR) is 90.7 cm³/mol. The van der Waals surface area contributed by atoms with Crippen molar-refractivity contribution in [3.8, 4) is 11.6 Å². The average Bonchev–Trinajstić information content (AvgIpc) is 2.61. The van der Waals surface area contributed by atoms with Gasteiger partial charge in [0.1, 0.15) is 10.9 Å². The van der Waals surface area contributed by atoms with E-state index in [9.17, 15) is 9.90 Å². The lowest BCUT2D eigenvalue weighted by atomic mass is 9.76. The van der Waals surface area contributed by atoms with Crippen molar-refractivity contribution in [3.63, 3.8) is 0 Å². The zero-order chi connectivity index (χ0) is 16.9. The number of nitrogens with zero attached hydrogens (tertiary/aromatic N) is 2. The SMILES string of the molecule is O=Cc1cc(O)ncc1OCC1CCCCC1c1cccnc1Cl. The van der Waals surface area contributed by atoms with Gasteiger partial charge in [-0.05, 0) is 36.3 Å². The molecule has 3 rings (SSSR count). The van der Waals surface area contributed by atoms with Crippen LogP contribution in [0.15, 0.2) is 30.6 Å². The van der Waals surface area contributed by atoms with Gasteiger partial charge >= 0.3 is 0 Å². The number of hydrogen-bond donors (Lipinski definition) is 1. The zero-order valence-corrected chi connectivity index (χ0v) is 13.9. The van der Waals surface area contributed by atoms with E-state index in [1.54, 1.807) is 6.20 Å². The Morgan fingerprint density at radius 3 is 2.96 bits per heavy atom. The Labute approximate surface area is 145 Å². The van der Waals surface area contributed by atoms with Gasteiger partial charge in [0.25, 0.3) is 0 Å². The molecule has 1 N–H and O–H groups in total. The Kier molecular flexibility index (Phi) is 5.30. The van der Waals surface area contributed by atoms with Crippen molar-refractivity contribution >= 4 is 17.9 Å². The number of aldehydes is 1. The van der Waals surface area contributed by atoms with Crippen LogP contribution in [0.4, 0.5) is 0 Å². The fourth-order valence-corrected chi connectivity index (χ4v) is 3.61. The van der Waals surface area contributed by atoms with Gasteiger partial charge in [0.15, 0.2) is 6.29 Å². The molecule has 24 heavy (non-hydrogen) atoms. The van der Waals surface area contributed by atoms with E-state index < -0.39 is 0 Å². The van der Waals surface area contributed by atoms with Crippen LogP contribution in [0.25, 0.3) is 0 Å². The highest BCUT2D eigenvalue weighted by atomic mass is 35.5. The van der Waals surface area contributed by atoms with Gasteiger partial charge in [-0.3, -0.25) is 4.79 Å². The number of aromatic hydroxyl groups is 1. The molecule has 0 aliphatic heterocycles. The zero-order valence-electron chi connectivity index (χ0n) is 13.2. The second-order valence-corrected chi connectivity index (χ2v) is 6.40. The van der Waals surface area contributed by atoms with Crippen LogP contribution in [0, 0.1) is 5.92 Å². The van der Waals surface area contributed by atoms with E-state index in [-0.39, 0.29) is 5.88 Å². The van der Waals surface area contributed by atoms with Gasteiger partial charge in [0, 0.05) is 12.3 Å². The summed E-state index contributed by atoms with van der Waals surface area (Å²) < 4.78 is 5.85. The fourth-order valence-electron chi connectivity index (χ4n) is 3.35. The fraction of sp³-hybridized carbons (Fsp3) is 0.389. The summed E-state index contributed by atoms with van der Waals surface area (Å²) in [6.07, 6.45) is 8.13. The third-order valence-electron chi connectivity index (χ3n) is 4.56. The number of hydrogen-bond acceptors (Lipinski definition) is 5. The molecular weight excluding hydrogens is 328 g/mol. The third-order valence-corrected chi connectivity index (χ3v) is 4.88. The topological polar surface area (TPSA) is 72.3 Å². The van der Waals surface area contributed by atoms with Crippen LogP contribution in [0.5, 0.6) is 11.6 Å². The Morgan fingerprint density at radius 1 is 1.33 bits per heavy atom. The first-order valence-electron chi connectivity index (χ1n) is 8.06. The van der Waals surface area contributed by atoms with Gasteiger partial charge in [-0.2, -0.15) is 0 Å². The molecule has 2 unspecified atom stereocenters. The molecule has 0 saturated heterocycles. The molecular formula is C18H19ClN2O3. The largest absolute Gasteiger partial charge is 0.493 e. The molecule has 0 amide bonds.